The van der Waals surface area contributed by atoms with E-state index >= 15 is 0 Å². The van der Waals surface area contributed by atoms with Crippen molar-refractivity contribution in [1.82, 2.24) is 10.2 Å². The Morgan fingerprint density at radius 1 is 1.33 bits per heavy atom. The number of nitrogens with zero attached hydrogens (tertiary/aromatic N) is 2. The number of rotatable bonds is 7. The molecule has 0 saturated carbocycles. The molecule has 1 fully saturated rings. The summed E-state index contributed by atoms with van der Waals surface area (Å²) in [6, 6.07) is 0. The number of sulfone groups is 1. The van der Waals surface area contributed by atoms with Crippen molar-refractivity contribution in [2.24, 2.45) is 10.9 Å². The third kappa shape index (κ3) is 8.00. The lowest BCUT2D eigenvalue weighted by atomic mass is 9.98. The summed E-state index contributed by atoms with van der Waals surface area (Å²) >= 11 is 0. The maximum absolute atomic E-state index is 11.9. The number of nitrogens with one attached hydrogen (secondary N) is 1. The van der Waals surface area contributed by atoms with Crippen LogP contribution >= 0.6 is 24.0 Å². The highest BCUT2D eigenvalue weighted by Crippen LogP contribution is 2.18. The van der Waals surface area contributed by atoms with Crippen molar-refractivity contribution >= 4 is 45.7 Å². The predicted molar refractivity (Wildman–Crippen MR) is 107 cm³/mol. The lowest BCUT2D eigenvalue weighted by molar-refractivity contribution is -0.149. The van der Waals surface area contributed by atoms with Crippen LogP contribution in [0.15, 0.2) is 4.99 Å². The van der Waals surface area contributed by atoms with Crippen molar-refractivity contribution in [1.29, 1.82) is 0 Å². The molecule has 9 heteroatoms. The van der Waals surface area contributed by atoms with Gasteiger partial charge in [-0.15, -0.1) is 24.0 Å². The van der Waals surface area contributed by atoms with Crippen LogP contribution < -0.4 is 5.32 Å². The third-order valence-electron chi connectivity index (χ3n) is 3.78. The molecule has 1 aliphatic heterocycles. The number of guanidine groups is 1. The van der Waals surface area contributed by atoms with Crippen molar-refractivity contribution in [3.8, 4) is 0 Å². The van der Waals surface area contributed by atoms with E-state index in [9.17, 15) is 13.2 Å². The second kappa shape index (κ2) is 11.9. The van der Waals surface area contributed by atoms with E-state index in [4.69, 9.17) is 4.74 Å². The summed E-state index contributed by atoms with van der Waals surface area (Å²) in [7, 11) is -3.02. The number of ether oxygens (including phenoxy) is 1. The minimum Gasteiger partial charge on any atom is -0.466 e. The number of piperidine rings is 1. The maximum atomic E-state index is 11.9. The van der Waals surface area contributed by atoms with Crippen LogP contribution in [0.3, 0.4) is 0 Å². The SMILES string of the molecule is CCNC(=NCCS(=O)(=O)CC)N1CCCC(C(=O)OCC)C1.I. The van der Waals surface area contributed by atoms with Gasteiger partial charge in [-0.25, -0.2) is 8.42 Å². The Morgan fingerprint density at radius 3 is 2.62 bits per heavy atom. The zero-order valence-electron chi connectivity index (χ0n) is 14.8. The van der Waals surface area contributed by atoms with Crippen molar-refractivity contribution in [3.63, 3.8) is 0 Å². The van der Waals surface area contributed by atoms with E-state index in [0.717, 1.165) is 19.4 Å². The molecule has 0 aliphatic carbocycles. The average molecular weight is 475 g/mol. The number of hydrogen-bond acceptors (Lipinski definition) is 5. The Labute approximate surface area is 162 Å². The van der Waals surface area contributed by atoms with Gasteiger partial charge in [0.25, 0.3) is 0 Å². The standard InChI is InChI=1S/C15H29N3O4S.HI/c1-4-16-15(17-9-11-23(20,21)6-3)18-10-7-8-13(12-18)14(19)22-5-2;/h13H,4-12H2,1-3H3,(H,16,17);1H. The van der Waals surface area contributed by atoms with Gasteiger partial charge in [-0.05, 0) is 26.7 Å². The summed E-state index contributed by atoms with van der Waals surface area (Å²) in [4.78, 5) is 18.4. The summed E-state index contributed by atoms with van der Waals surface area (Å²) in [5, 5.41) is 3.18. The number of carbonyl (C=O) groups excluding carboxylic acids is 1. The fraction of sp³-hybridized carbons (Fsp3) is 0.867. The predicted octanol–water partition coefficient (Wildman–Crippen LogP) is 1.28. The molecular formula is C15H30IN3O4S. The molecule has 0 spiro atoms. The van der Waals surface area contributed by atoms with Gasteiger partial charge in [0, 0.05) is 25.4 Å². The molecule has 1 rings (SSSR count). The lowest BCUT2D eigenvalue weighted by Crippen LogP contribution is -2.48. The third-order valence-corrected chi connectivity index (χ3v) is 5.46. The number of hydrogen-bond donors (Lipinski definition) is 1. The molecule has 24 heavy (non-hydrogen) atoms. The van der Waals surface area contributed by atoms with E-state index in [-0.39, 0.29) is 53.9 Å². The zero-order chi connectivity index (χ0) is 17.3. The first-order valence-corrected chi connectivity index (χ1v) is 10.2. The molecule has 1 aliphatic rings. The molecule has 142 valence electrons. The lowest BCUT2D eigenvalue weighted by Gasteiger charge is -2.34. The van der Waals surface area contributed by atoms with Crippen LogP contribution in [0, 0.1) is 5.92 Å². The van der Waals surface area contributed by atoms with Gasteiger partial charge in [-0.1, -0.05) is 6.92 Å². The van der Waals surface area contributed by atoms with Gasteiger partial charge < -0.3 is 15.0 Å². The van der Waals surface area contributed by atoms with Crippen LogP contribution in [-0.4, -0.2) is 69.5 Å². The van der Waals surface area contributed by atoms with Gasteiger partial charge in [0.05, 0.1) is 24.8 Å². The summed E-state index contributed by atoms with van der Waals surface area (Å²) < 4.78 is 28.2. The highest BCUT2D eigenvalue weighted by molar-refractivity contribution is 14.0. The van der Waals surface area contributed by atoms with Crippen LogP contribution in [0.4, 0.5) is 0 Å². The van der Waals surface area contributed by atoms with E-state index < -0.39 is 9.84 Å². The smallest absolute Gasteiger partial charge is 0.310 e. The van der Waals surface area contributed by atoms with Crippen molar-refractivity contribution in [2.45, 2.75) is 33.6 Å². The van der Waals surface area contributed by atoms with E-state index in [1.165, 1.54) is 0 Å². The Bertz CT molecular complexity index is 511. The summed E-state index contributed by atoms with van der Waals surface area (Å²) in [6.07, 6.45) is 1.71. The van der Waals surface area contributed by atoms with Gasteiger partial charge in [-0.2, -0.15) is 0 Å². The number of halogens is 1. The molecule has 1 saturated heterocycles. The Morgan fingerprint density at radius 2 is 2.04 bits per heavy atom. The van der Waals surface area contributed by atoms with Crippen LogP contribution in [0.1, 0.15) is 33.6 Å². The Kier molecular flexibility index (Phi) is 11.6. The fourth-order valence-corrected chi connectivity index (χ4v) is 3.14. The summed E-state index contributed by atoms with van der Waals surface area (Å²) in [6.45, 7) is 8.09. The van der Waals surface area contributed by atoms with Gasteiger partial charge in [0.15, 0.2) is 15.8 Å². The number of likely N-dealkylation sites (tertiary alicyclic amines) is 1. The fourth-order valence-electron chi connectivity index (χ4n) is 2.48. The quantitative estimate of drug-likeness (QED) is 0.258. The van der Waals surface area contributed by atoms with Crippen LogP contribution in [0.5, 0.6) is 0 Å². The number of carbonyl (C=O) groups is 1. The topological polar surface area (TPSA) is 88.1 Å². The molecule has 0 aromatic rings. The van der Waals surface area contributed by atoms with Crippen molar-refractivity contribution in [3.05, 3.63) is 0 Å². The minimum atomic E-state index is -3.02. The van der Waals surface area contributed by atoms with Gasteiger partial charge >= 0.3 is 5.97 Å². The van der Waals surface area contributed by atoms with Crippen LogP contribution in [-0.2, 0) is 19.4 Å². The largest absolute Gasteiger partial charge is 0.466 e. The molecule has 1 unspecified atom stereocenters. The normalized spacial score (nSPS) is 18.7. The summed E-state index contributed by atoms with van der Waals surface area (Å²) in [5.74, 6) is 0.544. The first kappa shape index (κ1) is 23.4. The van der Waals surface area contributed by atoms with E-state index in [1.807, 2.05) is 11.8 Å². The first-order chi connectivity index (χ1) is 10.9. The monoisotopic (exact) mass is 475 g/mol. The molecule has 1 atom stereocenters. The molecule has 7 nitrogen and oxygen atoms in total. The van der Waals surface area contributed by atoms with E-state index in [2.05, 4.69) is 10.3 Å². The molecule has 1 N–H and O–H groups in total. The Balaban J connectivity index is 0.00000529. The first-order valence-electron chi connectivity index (χ1n) is 8.33. The van der Waals surface area contributed by atoms with Gasteiger partial charge in [-0.3, -0.25) is 9.79 Å². The van der Waals surface area contributed by atoms with E-state index in [1.54, 1.807) is 13.8 Å². The molecule has 1 heterocycles. The minimum absolute atomic E-state index is 0. The molecular weight excluding hydrogens is 445 g/mol. The molecule has 0 amide bonds. The molecule has 0 radical (unpaired) electrons. The van der Waals surface area contributed by atoms with Crippen molar-refractivity contribution in [2.75, 3.05) is 44.3 Å². The zero-order valence-corrected chi connectivity index (χ0v) is 17.9. The van der Waals surface area contributed by atoms with Crippen molar-refractivity contribution < 1.29 is 17.9 Å². The van der Waals surface area contributed by atoms with E-state index in [0.29, 0.717) is 25.7 Å². The summed E-state index contributed by atoms with van der Waals surface area (Å²) in [5.41, 5.74) is 0. The number of aliphatic imine (C=N–C) groups is 1. The maximum Gasteiger partial charge on any atom is 0.310 e. The number of esters is 1. The highest BCUT2D eigenvalue weighted by atomic mass is 127. The second-order valence-corrected chi connectivity index (χ2v) is 7.98. The molecule has 0 aromatic heterocycles. The van der Waals surface area contributed by atoms with Gasteiger partial charge in [0.1, 0.15) is 0 Å². The molecule has 0 aromatic carbocycles. The van der Waals surface area contributed by atoms with Crippen LogP contribution in [0.25, 0.3) is 0 Å². The second-order valence-electron chi connectivity index (χ2n) is 5.51. The highest BCUT2D eigenvalue weighted by Gasteiger charge is 2.28. The van der Waals surface area contributed by atoms with Gasteiger partial charge in [0.2, 0.25) is 0 Å². The molecule has 0 bridgehead atoms. The average Bonchev–Trinajstić information content (AvgIpc) is 2.54. The van der Waals surface area contributed by atoms with Crippen LogP contribution in [0.2, 0.25) is 0 Å². The Hall–Kier alpha value is -0.580.